The van der Waals surface area contributed by atoms with Crippen molar-refractivity contribution in [1.29, 1.82) is 0 Å². The highest BCUT2D eigenvalue weighted by molar-refractivity contribution is 5.74. The topological polar surface area (TPSA) is 68.8 Å². The van der Waals surface area contributed by atoms with Gasteiger partial charge < -0.3 is 24.8 Å². The van der Waals surface area contributed by atoms with E-state index < -0.39 is 6.61 Å². The molecule has 0 unspecified atom stereocenters. The predicted octanol–water partition coefficient (Wildman–Crippen LogP) is 3.35. The molecule has 2 rings (SSSR count). The number of amides is 2. The van der Waals surface area contributed by atoms with Crippen molar-refractivity contribution in [2.24, 2.45) is 0 Å². The van der Waals surface area contributed by atoms with Gasteiger partial charge in [0.25, 0.3) is 0 Å². The fourth-order valence-electron chi connectivity index (χ4n) is 2.49. The number of carbonyl (C=O) groups is 1. The number of hydrogen-bond donors (Lipinski definition) is 2. The summed E-state index contributed by atoms with van der Waals surface area (Å²) in [6, 6.07) is 11.4. The number of para-hydroxylation sites is 1. The molecule has 2 aromatic carbocycles. The normalized spacial score (nSPS) is 10.4. The van der Waals surface area contributed by atoms with Crippen LogP contribution in [0.3, 0.4) is 0 Å². The van der Waals surface area contributed by atoms with Gasteiger partial charge in [0.2, 0.25) is 0 Å². The molecule has 0 bridgehead atoms. The number of hydrogen-bond acceptors (Lipinski definition) is 4. The molecule has 2 aromatic rings. The third kappa shape index (κ3) is 6.32. The van der Waals surface area contributed by atoms with Crippen molar-refractivity contribution < 1.29 is 27.8 Å². The quantitative estimate of drug-likeness (QED) is 0.700. The van der Waals surface area contributed by atoms with E-state index in [1.165, 1.54) is 12.1 Å². The summed E-state index contributed by atoms with van der Waals surface area (Å²) in [4.78, 5) is 11.9. The molecular formula is C19H22F2N2O4. The Kier molecular flexibility index (Phi) is 7.66. The Morgan fingerprint density at radius 3 is 2.41 bits per heavy atom. The van der Waals surface area contributed by atoms with E-state index in [9.17, 15) is 13.6 Å². The number of urea groups is 1. The van der Waals surface area contributed by atoms with Gasteiger partial charge in [0.05, 0.1) is 14.2 Å². The lowest BCUT2D eigenvalue weighted by molar-refractivity contribution is -0.0498. The molecule has 0 fully saturated rings. The van der Waals surface area contributed by atoms with Gasteiger partial charge in [-0.2, -0.15) is 8.78 Å². The van der Waals surface area contributed by atoms with Crippen molar-refractivity contribution >= 4 is 6.03 Å². The molecule has 0 atom stereocenters. The Balaban J connectivity index is 1.77. The molecule has 0 aliphatic heterocycles. The number of alkyl halides is 2. The van der Waals surface area contributed by atoms with Crippen LogP contribution in [-0.2, 0) is 13.0 Å². The summed E-state index contributed by atoms with van der Waals surface area (Å²) >= 11 is 0. The first kappa shape index (κ1) is 20.3. The van der Waals surface area contributed by atoms with Crippen LogP contribution in [0.1, 0.15) is 11.1 Å². The van der Waals surface area contributed by atoms with Crippen molar-refractivity contribution in [2.75, 3.05) is 20.8 Å². The van der Waals surface area contributed by atoms with E-state index in [-0.39, 0.29) is 18.3 Å². The highest BCUT2D eigenvalue weighted by atomic mass is 19.3. The van der Waals surface area contributed by atoms with Gasteiger partial charge in [0.15, 0.2) is 11.5 Å². The van der Waals surface area contributed by atoms with Gasteiger partial charge in [0.1, 0.15) is 5.75 Å². The van der Waals surface area contributed by atoms with E-state index in [1.807, 2.05) is 12.1 Å². The highest BCUT2D eigenvalue weighted by Gasteiger charge is 2.10. The molecule has 2 amide bonds. The van der Waals surface area contributed by atoms with Crippen LogP contribution in [-0.4, -0.2) is 33.4 Å². The zero-order chi connectivity index (χ0) is 19.6. The summed E-state index contributed by atoms with van der Waals surface area (Å²) in [6.07, 6.45) is 0.560. The van der Waals surface area contributed by atoms with E-state index >= 15 is 0 Å². The van der Waals surface area contributed by atoms with E-state index in [0.717, 1.165) is 11.1 Å². The monoisotopic (exact) mass is 380 g/mol. The van der Waals surface area contributed by atoms with E-state index in [0.29, 0.717) is 24.5 Å². The standard InChI is InChI=1S/C19H22F2N2O4/c1-25-16-5-3-4-14(17(16)26-2)12-23-19(24)22-11-10-13-6-8-15(9-7-13)27-18(20)21/h3-9,18H,10-12H2,1-2H3,(H2,22,23,24). The molecule has 0 aliphatic carbocycles. The lowest BCUT2D eigenvalue weighted by Gasteiger charge is -2.13. The molecular weight excluding hydrogens is 358 g/mol. The molecule has 0 aliphatic rings. The molecule has 0 saturated heterocycles. The summed E-state index contributed by atoms with van der Waals surface area (Å²) in [5, 5.41) is 5.49. The number of methoxy groups -OCH3 is 2. The van der Waals surface area contributed by atoms with Gasteiger partial charge in [0, 0.05) is 18.7 Å². The van der Waals surface area contributed by atoms with Gasteiger partial charge in [-0.25, -0.2) is 4.79 Å². The lowest BCUT2D eigenvalue weighted by atomic mass is 10.1. The Bertz CT molecular complexity index is 739. The fraction of sp³-hybridized carbons (Fsp3) is 0.316. The van der Waals surface area contributed by atoms with Gasteiger partial charge >= 0.3 is 12.6 Å². The van der Waals surface area contributed by atoms with Gasteiger partial charge in [-0.3, -0.25) is 0 Å². The number of benzene rings is 2. The Labute approximate surface area is 156 Å². The van der Waals surface area contributed by atoms with Crippen molar-refractivity contribution in [3.05, 3.63) is 53.6 Å². The van der Waals surface area contributed by atoms with Crippen molar-refractivity contribution in [3.8, 4) is 17.2 Å². The van der Waals surface area contributed by atoms with Crippen LogP contribution in [0.2, 0.25) is 0 Å². The molecule has 8 heteroatoms. The maximum atomic E-state index is 12.1. The first-order valence-corrected chi connectivity index (χ1v) is 8.28. The molecule has 0 saturated carbocycles. The first-order chi connectivity index (χ1) is 13.0. The SMILES string of the molecule is COc1cccc(CNC(=O)NCCc2ccc(OC(F)F)cc2)c1OC. The van der Waals surface area contributed by atoms with Crippen molar-refractivity contribution in [3.63, 3.8) is 0 Å². The number of carbonyl (C=O) groups excluding carboxylic acids is 1. The van der Waals surface area contributed by atoms with Gasteiger partial charge in [-0.15, -0.1) is 0 Å². The van der Waals surface area contributed by atoms with Gasteiger partial charge in [-0.05, 0) is 30.2 Å². The van der Waals surface area contributed by atoms with Crippen LogP contribution < -0.4 is 24.8 Å². The van der Waals surface area contributed by atoms with E-state index in [4.69, 9.17) is 9.47 Å². The summed E-state index contributed by atoms with van der Waals surface area (Å²) in [7, 11) is 3.09. The maximum absolute atomic E-state index is 12.1. The number of rotatable bonds is 9. The first-order valence-electron chi connectivity index (χ1n) is 8.28. The molecule has 0 aromatic heterocycles. The largest absolute Gasteiger partial charge is 0.493 e. The summed E-state index contributed by atoms with van der Waals surface area (Å²) in [5.41, 5.74) is 1.69. The van der Waals surface area contributed by atoms with Crippen LogP contribution in [0, 0.1) is 0 Å². The molecule has 146 valence electrons. The van der Waals surface area contributed by atoms with Crippen molar-refractivity contribution in [1.82, 2.24) is 10.6 Å². The van der Waals surface area contributed by atoms with Crippen LogP contribution in [0.15, 0.2) is 42.5 Å². The van der Waals surface area contributed by atoms with E-state index in [2.05, 4.69) is 15.4 Å². The smallest absolute Gasteiger partial charge is 0.387 e. The fourth-order valence-corrected chi connectivity index (χ4v) is 2.49. The summed E-state index contributed by atoms with van der Waals surface area (Å²) in [6.45, 7) is -2.16. The second kappa shape index (κ2) is 10.2. The maximum Gasteiger partial charge on any atom is 0.387 e. The Morgan fingerprint density at radius 2 is 1.78 bits per heavy atom. The molecule has 0 spiro atoms. The van der Waals surface area contributed by atoms with Crippen molar-refractivity contribution in [2.45, 2.75) is 19.6 Å². The lowest BCUT2D eigenvalue weighted by Crippen LogP contribution is -2.36. The minimum absolute atomic E-state index is 0.103. The second-order valence-corrected chi connectivity index (χ2v) is 5.53. The highest BCUT2D eigenvalue weighted by Crippen LogP contribution is 2.30. The number of halogens is 2. The van der Waals surface area contributed by atoms with Crippen LogP contribution >= 0.6 is 0 Å². The molecule has 6 nitrogen and oxygen atoms in total. The minimum Gasteiger partial charge on any atom is -0.493 e. The van der Waals surface area contributed by atoms with Crippen LogP contribution in [0.25, 0.3) is 0 Å². The summed E-state index contributed by atoms with van der Waals surface area (Å²) < 4.78 is 39.0. The second-order valence-electron chi connectivity index (χ2n) is 5.53. The number of ether oxygens (including phenoxy) is 3. The molecule has 0 heterocycles. The van der Waals surface area contributed by atoms with E-state index in [1.54, 1.807) is 32.4 Å². The third-order valence-electron chi connectivity index (χ3n) is 3.77. The Morgan fingerprint density at radius 1 is 1.04 bits per heavy atom. The Hall–Kier alpha value is -3.03. The minimum atomic E-state index is -2.84. The molecule has 2 N–H and O–H groups in total. The molecule has 27 heavy (non-hydrogen) atoms. The number of nitrogens with one attached hydrogen (secondary N) is 2. The molecule has 0 radical (unpaired) electrons. The summed E-state index contributed by atoms with van der Waals surface area (Å²) in [5.74, 6) is 1.27. The zero-order valence-corrected chi connectivity index (χ0v) is 15.1. The zero-order valence-electron chi connectivity index (χ0n) is 15.1. The third-order valence-corrected chi connectivity index (χ3v) is 3.77. The van der Waals surface area contributed by atoms with Crippen LogP contribution in [0.5, 0.6) is 17.2 Å². The van der Waals surface area contributed by atoms with Crippen LogP contribution in [0.4, 0.5) is 13.6 Å². The average molecular weight is 380 g/mol. The van der Waals surface area contributed by atoms with Gasteiger partial charge in [-0.1, -0.05) is 24.3 Å². The average Bonchev–Trinajstić information content (AvgIpc) is 2.66. The predicted molar refractivity (Wildman–Crippen MR) is 96.6 cm³/mol.